The fourth-order valence-corrected chi connectivity index (χ4v) is 6.02. The van der Waals surface area contributed by atoms with Crippen molar-refractivity contribution in [2.45, 2.75) is 43.9 Å². The Bertz CT molecular complexity index is 810. The number of halogens is 1. The summed E-state index contributed by atoms with van der Waals surface area (Å²) in [6.45, 7) is 0. The lowest BCUT2D eigenvalue weighted by Crippen LogP contribution is -2.49. The van der Waals surface area contributed by atoms with Crippen LogP contribution in [0.2, 0.25) is 0 Å². The number of anilines is 1. The molecule has 1 amide bonds. The number of carbonyl (C=O) groups excluding carboxylic acids is 1. The molecule has 4 aliphatic carbocycles. The molecule has 0 aliphatic heterocycles. The molecule has 1 N–H and O–H groups in total. The zero-order valence-corrected chi connectivity index (χ0v) is 14.7. The van der Waals surface area contributed by atoms with Gasteiger partial charge in [-0.25, -0.2) is 4.39 Å². The standard InChI is InChI=1S/C22H23FN2O/c23-18-1-3-19(4-2-18)25-21(26)17-5-6-24-20(10-17)22-11-14-7-15(12-22)9-16(8-14)13-22/h1-6,10,14-16H,7-9,11-13H2,(H,25,26). The zero-order valence-electron chi connectivity index (χ0n) is 14.7. The van der Waals surface area contributed by atoms with Gasteiger partial charge in [0.05, 0.1) is 0 Å². The first-order valence-corrected chi connectivity index (χ1v) is 9.63. The Balaban J connectivity index is 1.40. The van der Waals surface area contributed by atoms with Gasteiger partial charge in [0.2, 0.25) is 0 Å². The van der Waals surface area contributed by atoms with Crippen molar-refractivity contribution in [1.29, 1.82) is 0 Å². The number of benzene rings is 1. The van der Waals surface area contributed by atoms with Crippen LogP contribution in [0.15, 0.2) is 42.6 Å². The molecule has 1 aromatic heterocycles. The van der Waals surface area contributed by atoms with E-state index >= 15 is 0 Å². The van der Waals surface area contributed by atoms with E-state index in [4.69, 9.17) is 4.98 Å². The third kappa shape index (κ3) is 2.72. The Labute approximate surface area is 153 Å². The molecule has 4 bridgehead atoms. The highest BCUT2D eigenvalue weighted by Gasteiger charge is 2.52. The van der Waals surface area contributed by atoms with Crippen molar-refractivity contribution in [3.63, 3.8) is 0 Å². The molecule has 3 nitrogen and oxygen atoms in total. The van der Waals surface area contributed by atoms with Gasteiger partial charge in [0, 0.05) is 28.6 Å². The van der Waals surface area contributed by atoms with E-state index in [1.165, 1.54) is 50.7 Å². The molecule has 0 saturated heterocycles. The predicted octanol–water partition coefficient (Wildman–Crippen LogP) is 4.94. The monoisotopic (exact) mass is 350 g/mol. The molecular weight excluding hydrogens is 327 g/mol. The highest BCUT2D eigenvalue weighted by atomic mass is 19.1. The summed E-state index contributed by atoms with van der Waals surface area (Å²) < 4.78 is 13.0. The number of aromatic nitrogens is 1. The minimum atomic E-state index is -0.309. The van der Waals surface area contributed by atoms with Gasteiger partial charge in [0.15, 0.2) is 0 Å². The van der Waals surface area contributed by atoms with E-state index in [0.29, 0.717) is 11.3 Å². The topological polar surface area (TPSA) is 42.0 Å². The van der Waals surface area contributed by atoms with E-state index < -0.39 is 0 Å². The predicted molar refractivity (Wildman–Crippen MR) is 98.4 cm³/mol. The van der Waals surface area contributed by atoms with Crippen molar-refractivity contribution in [3.8, 4) is 0 Å². The van der Waals surface area contributed by atoms with E-state index in [2.05, 4.69) is 5.32 Å². The molecule has 4 aliphatic rings. The first-order valence-electron chi connectivity index (χ1n) is 9.63. The van der Waals surface area contributed by atoms with Gasteiger partial charge in [0.1, 0.15) is 5.82 Å². The van der Waals surface area contributed by atoms with Crippen molar-refractivity contribution in [2.24, 2.45) is 17.8 Å². The third-order valence-electron chi connectivity index (χ3n) is 6.71. The highest BCUT2D eigenvalue weighted by molar-refractivity contribution is 6.04. The summed E-state index contributed by atoms with van der Waals surface area (Å²) in [5, 5.41) is 2.85. The Morgan fingerprint density at radius 1 is 1.00 bits per heavy atom. The van der Waals surface area contributed by atoms with Crippen LogP contribution in [0.5, 0.6) is 0 Å². The van der Waals surface area contributed by atoms with E-state index in [1.807, 2.05) is 6.07 Å². The maximum Gasteiger partial charge on any atom is 0.255 e. The molecule has 6 rings (SSSR count). The average Bonchev–Trinajstić information content (AvgIpc) is 2.63. The van der Waals surface area contributed by atoms with Crippen molar-refractivity contribution >= 4 is 11.6 Å². The van der Waals surface area contributed by atoms with Gasteiger partial charge in [-0.15, -0.1) is 0 Å². The summed E-state index contributed by atoms with van der Waals surface area (Å²) in [6.07, 6.45) is 9.64. The first-order chi connectivity index (χ1) is 12.6. The molecule has 1 heterocycles. The van der Waals surface area contributed by atoms with Gasteiger partial charge < -0.3 is 5.32 Å². The fraction of sp³-hybridized carbons (Fsp3) is 0.455. The molecule has 2 aromatic rings. The Morgan fingerprint density at radius 2 is 1.62 bits per heavy atom. The van der Waals surface area contributed by atoms with Crippen LogP contribution < -0.4 is 5.32 Å². The summed E-state index contributed by atoms with van der Waals surface area (Å²) in [5.74, 6) is 2.07. The number of nitrogens with one attached hydrogen (secondary N) is 1. The van der Waals surface area contributed by atoms with Crippen LogP contribution in [0, 0.1) is 23.6 Å². The quantitative estimate of drug-likeness (QED) is 0.852. The van der Waals surface area contributed by atoms with Gasteiger partial charge in [-0.05, 0) is 92.7 Å². The summed E-state index contributed by atoms with van der Waals surface area (Å²) >= 11 is 0. The van der Waals surface area contributed by atoms with Crippen LogP contribution in [0.25, 0.3) is 0 Å². The highest BCUT2D eigenvalue weighted by Crippen LogP contribution is 2.60. The number of hydrogen-bond acceptors (Lipinski definition) is 2. The first kappa shape index (κ1) is 16.0. The second-order valence-corrected chi connectivity index (χ2v) is 8.59. The molecule has 26 heavy (non-hydrogen) atoms. The SMILES string of the molecule is O=C(Nc1ccc(F)cc1)c1ccnc(C23CC4CC(CC(C4)C2)C3)c1. The van der Waals surface area contributed by atoms with Crippen molar-refractivity contribution in [1.82, 2.24) is 4.98 Å². The van der Waals surface area contributed by atoms with Crippen LogP contribution >= 0.6 is 0 Å². The number of nitrogens with zero attached hydrogens (tertiary/aromatic N) is 1. The molecule has 1 aromatic carbocycles. The smallest absolute Gasteiger partial charge is 0.255 e. The third-order valence-corrected chi connectivity index (χ3v) is 6.71. The van der Waals surface area contributed by atoms with Gasteiger partial charge >= 0.3 is 0 Å². The summed E-state index contributed by atoms with van der Waals surface area (Å²) in [5.41, 5.74) is 2.52. The minimum Gasteiger partial charge on any atom is -0.322 e. The van der Waals surface area contributed by atoms with Crippen LogP contribution in [-0.4, -0.2) is 10.9 Å². The lowest BCUT2D eigenvalue weighted by molar-refractivity contribution is -0.00721. The molecule has 0 atom stereocenters. The molecule has 4 fully saturated rings. The molecule has 0 unspecified atom stereocenters. The number of amides is 1. The van der Waals surface area contributed by atoms with E-state index in [-0.39, 0.29) is 17.1 Å². The van der Waals surface area contributed by atoms with Gasteiger partial charge in [-0.2, -0.15) is 0 Å². The molecular formula is C22H23FN2O. The molecule has 4 heteroatoms. The average molecular weight is 350 g/mol. The fourth-order valence-electron chi connectivity index (χ4n) is 6.02. The minimum absolute atomic E-state index is 0.162. The molecule has 4 saturated carbocycles. The van der Waals surface area contributed by atoms with Crippen LogP contribution in [0.4, 0.5) is 10.1 Å². The maximum absolute atomic E-state index is 13.0. The van der Waals surface area contributed by atoms with Crippen LogP contribution in [-0.2, 0) is 5.41 Å². The number of rotatable bonds is 3. The number of pyridine rings is 1. The molecule has 0 spiro atoms. The Hall–Kier alpha value is -2.23. The van der Waals surface area contributed by atoms with Gasteiger partial charge in [0.25, 0.3) is 5.91 Å². The summed E-state index contributed by atoms with van der Waals surface area (Å²) in [4.78, 5) is 17.3. The van der Waals surface area contributed by atoms with Crippen molar-refractivity contribution in [2.75, 3.05) is 5.32 Å². The maximum atomic E-state index is 13.0. The number of carbonyl (C=O) groups is 1. The van der Waals surface area contributed by atoms with Gasteiger partial charge in [-0.3, -0.25) is 9.78 Å². The van der Waals surface area contributed by atoms with E-state index in [9.17, 15) is 9.18 Å². The summed E-state index contributed by atoms with van der Waals surface area (Å²) in [7, 11) is 0. The number of hydrogen-bond donors (Lipinski definition) is 1. The summed E-state index contributed by atoms with van der Waals surface area (Å²) in [6, 6.07) is 9.61. The lowest BCUT2D eigenvalue weighted by atomic mass is 9.48. The van der Waals surface area contributed by atoms with Crippen molar-refractivity contribution < 1.29 is 9.18 Å². The van der Waals surface area contributed by atoms with E-state index in [0.717, 1.165) is 23.4 Å². The largest absolute Gasteiger partial charge is 0.322 e. The zero-order chi connectivity index (χ0) is 17.7. The molecule has 134 valence electrons. The Morgan fingerprint density at radius 3 is 2.23 bits per heavy atom. The normalized spacial score (nSPS) is 31.8. The van der Waals surface area contributed by atoms with Gasteiger partial charge in [-0.1, -0.05) is 0 Å². The second kappa shape index (κ2) is 5.90. The second-order valence-electron chi connectivity index (χ2n) is 8.59. The Kier molecular flexibility index (Phi) is 3.63. The van der Waals surface area contributed by atoms with Crippen LogP contribution in [0.3, 0.4) is 0 Å². The van der Waals surface area contributed by atoms with E-state index in [1.54, 1.807) is 24.4 Å². The van der Waals surface area contributed by atoms with Crippen LogP contribution in [0.1, 0.15) is 54.6 Å². The van der Waals surface area contributed by atoms with Crippen molar-refractivity contribution in [3.05, 3.63) is 59.7 Å². The molecule has 0 radical (unpaired) electrons. The lowest BCUT2D eigenvalue weighted by Gasteiger charge is -2.56.